The summed E-state index contributed by atoms with van der Waals surface area (Å²) in [5.41, 5.74) is 4.60. The van der Waals surface area contributed by atoms with Crippen molar-refractivity contribution < 1.29 is 14.3 Å². The number of ether oxygens (including phenoxy) is 1. The Kier molecular flexibility index (Phi) is 5.82. The molecule has 5 nitrogen and oxygen atoms in total. The smallest absolute Gasteiger partial charge is 0.338 e. The van der Waals surface area contributed by atoms with Gasteiger partial charge in [-0.25, -0.2) is 9.78 Å². The Labute approximate surface area is 184 Å². The van der Waals surface area contributed by atoms with E-state index in [2.05, 4.69) is 12.1 Å². The van der Waals surface area contributed by atoms with Crippen LogP contribution in [0.3, 0.4) is 0 Å². The Morgan fingerprint density at radius 1 is 0.968 bits per heavy atom. The van der Waals surface area contributed by atoms with Crippen LogP contribution >= 0.6 is 11.3 Å². The number of hydrogen-bond donors (Lipinski definition) is 0. The number of aryl methyl sites for hydroxylation is 2. The average Bonchev–Trinajstić information content (AvgIpc) is 3.21. The lowest BCUT2D eigenvalue weighted by molar-refractivity contribution is 0.0597. The zero-order valence-electron chi connectivity index (χ0n) is 17.6. The Morgan fingerprint density at radius 3 is 2.35 bits per heavy atom. The zero-order valence-corrected chi connectivity index (χ0v) is 18.4. The van der Waals surface area contributed by atoms with Gasteiger partial charge in [-0.05, 0) is 48.7 Å². The number of rotatable bonds is 5. The lowest BCUT2D eigenvalue weighted by Crippen LogP contribution is -2.31. The highest BCUT2D eigenvalue weighted by molar-refractivity contribution is 7.22. The fourth-order valence-corrected chi connectivity index (χ4v) is 4.71. The number of nitrogens with zero attached hydrogens (tertiary/aromatic N) is 2. The van der Waals surface area contributed by atoms with Crippen LogP contribution in [-0.2, 0) is 11.3 Å². The molecule has 0 radical (unpaired) electrons. The van der Waals surface area contributed by atoms with Gasteiger partial charge in [-0.1, -0.05) is 59.9 Å². The molecule has 0 aliphatic heterocycles. The van der Waals surface area contributed by atoms with Gasteiger partial charge < -0.3 is 4.74 Å². The monoisotopic (exact) mass is 430 g/mol. The second-order valence-electron chi connectivity index (χ2n) is 7.34. The normalized spacial score (nSPS) is 10.8. The van der Waals surface area contributed by atoms with E-state index in [1.54, 1.807) is 29.2 Å². The van der Waals surface area contributed by atoms with Crippen molar-refractivity contribution in [3.05, 3.63) is 94.5 Å². The van der Waals surface area contributed by atoms with Gasteiger partial charge in [0.05, 0.1) is 35.0 Å². The first-order valence-corrected chi connectivity index (χ1v) is 10.7. The molecule has 31 heavy (non-hydrogen) atoms. The van der Waals surface area contributed by atoms with Crippen LogP contribution in [0.1, 0.15) is 37.4 Å². The number of fused-ring (bicyclic) bond motifs is 1. The van der Waals surface area contributed by atoms with Crippen LogP contribution in [-0.4, -0.2) is 24.0 Å². The molecule has 0 unspecified atom stereocenters. The van der Waals surface area contributed by atoms with Gasteiger partial charge in [-0.15, -0.1) is 0 Å². The number of carbonyl (C=O) groups excluding carboxylic acids is 2. The highest BCUT2D eigenvalue weighted by atomic mass is 32.1. The second-order valence-corrected chi connectivity index (χ2v) is 8.35. The minimum atomic E-state index is -0.542. The summed E-state index contributed by atoms with van der Waals surface area (Å²) in [6, 6.07) is 20.6. The van der Waals surface area contributed by atoms with Crippen LogP contribution < -0.4 is 4.90 Å². The summed E-state index contributed by atoms with van der Waals surface area (Å²) in [7, 11) is 1.31. The number of carbonyl (C=O) groups is 2. The van der Waals surface area contributed by atoms with Gasteiger partial charge in [-0.3, -0.25) is 9.69 Å². The van der Waals surface area contributed by atoms with Crippen molar-refractivity contribution in [2.45, 2.75) is 20.4 Å². The molecule has 0 saturated carbocycles. The van der Waals surface area contributed by atoms with Crippen LogP contribution in [0.5, 0.6) is 0 Å². The predicted molar refractivity (Wildman–Crippen MR) is 124 cm³/mol. The predicted octanol–water partition coefficient (Wildman–Crippen LogP) is 5.55. The summed E-state index contributed by atoms with van der Waals surface area (Å²) in [6.45, 7) is 4.41. The molecule has 0 spiro atoms. The number of amides is 1. The molecular weight excluding hydrogens is 408 g/mol. The lowest BCUT2D eigenvalue weighted by atomic mass is 10.1. The maximum Gasteiger partial charge on any atom is 0.338 e. The van der Waals surface area contributed by atoms with E-state index in [-0.39, 0.29) is 17.0 Å². The SMILES string of the molecule is COC(=O)c1ccccc1C(=O)N(Cc1ccccc1)c1nc2c(C)cc(C)cc2s1. The van der Waals surface area contributed by atoms with Crippen molar-refractivity contribution in [2.75, 3.05) is 12.0 Å². The van der Waals surface area contributed by atoms with E-state index < -0.39 is 5.97 Å². The van der Waals surface area contributed by atoms with Crippen LogP contribution in [0, 0.1) is 13.8 Å². The minimum absolute atomic E-state index is 0.237. The van der Waals surface area contributed by atoms with E-state index in [1.165, 1.54) is 18.4 Å². The molecule has 0 aliphatic rings. The van der Waals surface area contributed by atoms with Gasteiger partial charge in [0.25, 0.3) is 5.91 Å². The van der Waals surface area contributed by atoms with Crippen molar-refractivity contribution in [1.29, 1.82) is 0 Å². The molecule has 3 aromatic carbocycles. The van der Waals surface area contributed by atoms with Crippen LogP contribution in [0.15, 0.2) is 66.7 Å². The molecule has 4 rings (SSSR count). The lowest BCUT2D eigenvalue weighted by Gasteiger charge is -2.21. The Balaban J connectivity index is 1.83. The first kappa shape index (κ1) is 20.8. The third-order valence-corrected chi connectivity index (χ3v) is 6.07. The van der Waals surface area contributed by atoms with E-state index in [1.807, 2.05) is 44.2 Å². The molecule has 156 valence electrons. The largest absolute Gasteiger partial charge is 0.465 e. The fraction of sp³-hybridized carbons (Fsp3) is 0.160. The zero-order chi connectivity index (χ0) is 22.0. The summed E-state index contributed by atoms with van der Waals surface area (Å²) >= 11 is 1.47. The average molecular weight is 431 g/mol. The molecule has 0 saturated heterocycles. The van der Waals surface area contributed by atoms with E-state index in [4.69, 9.17) is 9.72 Å². The summed E-state index contributed by atoms with van der Waals surface area (Å²) in [5.74, 6) is -0.835. The maximum absolute atomic E-state index is 13.7. The van der Waals surface area contributed by atoms with Gasteiger partial charge in [0.2, 0.25) is 0 Å². The van der Waals surface area contributed by atoms with Crippen molar-refractivity contribution in [2.24, 2.45) is 0 Å². The van der Waals surface area contributed by atoms with Crippen LogP contribution in [0.2, 0.25) is 0 Å². The summed E-state index contributed by atoms with van der Waals surface area (Å²) < 4.78 is 5.91. The molecule has 1 amide bonds. The van der Waals surface area contributed by atoms with Gasteiger partial charge in [0.1, 0.15) is 0 Å². The highest BCUT2D eigenvalue weighted by Gasteiger charge is 2.26. The highest BCUT2D eigenvalue weighted by Crippen LogP contribution is 2.33. The number of methoxy groups -OCH3 is 1. The molecular formula is C25H22N2O3S. The van der Waals surface area contributed by atoms with Gasteiger partial charge in [0.15, 0.2) is 5.13 Å². The van der Waals surface area contributed by atoms with E-state index >= 15 is 0 Å². The minimum Gasteiger partial charge on any atom is -0.465 e. The molecule has 0 atom stereocenters. The van der Waals surface area contributed by atoms with Crippen LogP contribution in [0.25, 0.3) is 10.2 Å². The Bertz CT molecular complexity index is 1260. The third-order valence-electron chi connectivity index (χ3n) is 5.04. The number of aromatic nitrogens is 1. The molecule has 0 bridgehead atoms. The first-order valence-electron chi connectivity index (χ1n) is 9.89. The number of anilines is 1. The molecule has 6 heteroatoms. The molecule has 1 heterocycles. The Morgan fingerprint density at radius 2 is 1.65 bits per heavy atom. The summed E-state index contributed by atoms with van der Waals surface area (Å²) in [6.07, 6.45) is 0. The summed E-state index contributed by atoms with van der Waals surface area (Å²) in [5, 5.41) is 0.595. The standard InChI is InChI=1S/C25H22N2O3S/c1-16-13-17(2)22-21(14-16)31-25(26-22)27(15-18-9-5-4-6-10-18)23(28)19-11-7-8-12-20(19)24(29)30-3/h4-14H,15H2,1-3H3. The fourth-order valence-electron chi connectivity index (χ4n) is 3.57. The van der Waals surface area contributed by atoms with Crippen LogP contribution in [0.4, 0.5) is 5.13 Å². The topological polar surface area (TPSA) is 59.5 Å². The summed E-state index contributed by atoms with van der Waals surface area (Å²) in [4.78, 5) is 32.4. The maximum atomic E-state index is 13.7. The van der Waals surface area contributed by atoms with Crippen molar-refractivity contribution in [3.8, 4) is 0 Å². The molecule has 1 aromatic heterocycles. The van der Waals surface area contributed by atoms with Gasteiger partial charge in [0, 0.05) is 0 Å². The third kappa shape index (κ3) is 4.20. The molecule has 0 fully saturated rings. The second kappa shape index (κ2) is 8.70. The molecule has 0 N–H and O–H groups in total. The number of thiazole rings is 1. The van der Waals surface area contributed by atoms with E-state index in [9.17, 15) is 9.59 Å². The quantitative estimate of drug-likeness (QED) is 0.390. The van der Waals surface area contributed by atoms with Gasteiger partial charge in [-0.2, -0.15) is 0 Å². The molecule has 0 aliphatic carbocycles. The molecule has 4 aromatic rings. The number of esters is 1. The van der Waals surface area contributed by atoms with Crippen molar-refractivity contribution >= 4 is 38.6 Å². The number of hydrogen-bond acceptors (Lipinski definition) is 5. The van der Waals surface area contributed by atoms with E-state index in [0.717, 1.165) is 26.9 Å². The van der Waals surface area contributed by atoms with Crippen molar-refractivity contribution in [3.63, 3.8) is 0 Å². The van der Waals surface area contributed by atoms with E-state index in [0.29, 0.717) is 11.7 Å². The van der Waals surface area contributed by atoms with Crippen molar-refractivity contribution in [1.82, 2.24) is 4.98 Å². The Hall–Kier alpha value is -3.51. The number of benzene rings is 3. The first-order chi connectivity index (χ1) is 15.0. The van der Waals surface area contributed by atoms with Gasteiger partial charge >= 0.3 is 5.97 Å².